The Kier molecular flexibility index (Phi) is 11.6. The van der Waals surface area contributed by atoms with Crippen molar-refractivity contribution in [3.8, 4) is 0 Å². The summed E-state index contributed by atoms with van der Waals surface area (Å²) in [6, 6.07) is 0. The smallest absolute Gasteiger partial charge is 0.379 e. The number of hydrogen-bond acceptors (Lipinski definition) is 7. The molecule has 0 rings (SSSR count). The van der Waals surface area contributed by atoms with Crippen LogP contribution in [0.25, 0.3) is 0 Å². The lowest BCUT2D eigenvalue weighted by atomic mass is 10.2. The van der Waals surface area contributed by atoms with E-state index < -0.39 is 64.4 Å². The molecule has 1 unspecified atom stereocenters. The molecule has 0 bridgehead atoms. The number of alkyl halides is 4. The summed E-state index contributed by atoms with van der Waals surface area (Å²) in [7, 11) is 0. The van der Waals surface area contributed by atoms with E-state index >= 15 is 0 Å². The quantitative estimate of drug-likeness (QED) is 0.216. The van der Waals surface area contributed by atoms with E-state index in [0.29, 0.717) is 0 Å². The highest BCUT2D eigenvalue weighted by atomic mass is 19.3. The Labute approximate surface area is 130 Å². The molecule has 0 aromatic carbocycles. The van der Waals surface area contributed by atoms with Gasteiger partial charge in [-0.1, -0.05) is 0 Å². The van der Waals surface area contributed by atoms with Gasteiger partial charge in [0.1, 0.15) is 26.1 Å². The van der Waals surface area contributed by atoms with E-state index in [-0.39, 0.29) is 13.2 Å². The van der Waals surface area contributed by atoms with Crippen LogP contribution in [-0.4, -0.2) is 86.5 Å². The van der Waals surface area contributed by atoms with Gasteiger partial charge in [0.05, 0.1) is 33.0 Å². The topological polar surface area (TPSA) is 97.6 Å². The van der Waals surface area contributed by atoms with Crippen molar-refractivity contribution in [1.29, 1.82) is 0 Å². The van der Waals surface area contributed by atoms with Gasteiger partial charge < -0.3 is 34.3 Å². The van der Waals surface area contributed by atoms with Crippen molar-refractivity contribution >= 4 is 0 Å². The second-order valence-corrected chi connectivity index (χ2v) is 4.54. The van der Waals surface area contributed by atoms with Crippen molar-refractivity contribution in [2.75, 3.05) is 53.0 Å². The molecule has 0 aliphatic heterocycles. The number of hydrogen-bond donors (Lipinski definition) is 3. The highest BCUT2D eigenvalue weighted by Crippen LogP contribution is 2.22. The first-order chi connectivity index (χ1) is 10.7. The number of aliphatic hydroxyl groups is 3. The van der Waals surface area contributed by atoms with Crippen LogP contribution in [0.2, 0.25) is 0 Å². The van der Waals surface area contributed by atoms with Gasteiger partial charge in [0.25, 0.3) is 5.92 Å². The molecule has 7 nitrogen and oxygen atoms in total. The zero-order valence-electron chi connectivity index (χ0n) is 12.4. The zero-order chi connectivity index (χ0) is 17.8. The lowest BCUT2D eigenvalue weighted by molar-refractivity contribution is -0.278. The highest BCUT2D eigenvalue weighted by molar-refractivity contribution is 4.66. The third-order valence-electron chi connectivity index (χ3n) is 2.29. The van der Waals surface area contributed by atoms with Crippen LogP contribution < -0.4 is 0 Å². The van der Waals surface area contributed by atoms with Crippen LogP contribution >= 0.6 is 0 Å². The maximum absolute atomic E-state index is 13.3. The Hall–Kier alpha value is -0.560. The van der Waals surface area contributed by atoms with Crippen LogP contribution in [0.3, 0.4) is 0 Å². The molecule has 0 aliphatic rings. The Morgan fingerprint density at radius 3 is 2.22 bits per heavy atom. The van der Waals surface area contributed by atoms with E-state index in [1.807, 2.05) is 0 Å². The molecule has 11 heteroatoms. The summed E-state index contributed by atoms with van der Waals surface area (Å²) in [4.78, 5) is 0. The summed E-state index contributed by atoms with van der Waals surface area (Å²) in [5, 5.41) is 25.7. The lowest BCUT2D eigenvalue weighted by Gasteiger charge is -2.20. The molecule has 0 amide bonds. The maximum Gasteiger partial charge on any atom is 0.379 e. The average Bonchev–Trinajstić information content (AvgIpc) is 2.46. The minimum atomic E-state index is -3.76. The summed E-state index contributed by atoms with van der Waals surface area (Å²) in [5.41, 5.74) is 0. The first-order valence-electron chi connectivity index (χ1n) is 6.75. The molecule has 0 spiro atoms. The minimum Gasteiger partial charge on any atom is -0.394 e. The summed E-state index contributed by atoms with van der Waals surface area (Å²) >= 11 is 0. The van der Waals surface area contributed by atoms with Crippen molar-refractivity contribution in [2.45, 2.75) is 24.6 Å². The fraction of sp³-hybridized carbons (Fsp3) is 1.00. The third kappa shape index (κ3) is 13.6. The van der Waals surface area contributed by atoms with E-state index in [9.17, 15) is 17.6 Å². The van der Waals surface area contributed by atoms with Gasteiger partial charge in [-0.3, -0.25) is 0 Å². The van der Waals surface area contributed by atoms with Gasteiger partial charge >= 0.3 is 6.11 Å². The van der Waals surface area contributed by atoms with Gasteiger partial charge in [-0.25, -0.2) is 8.78 Å². The van der Waals surface area contributed by atoms with Crippen molar-refractivity contribution in [3.05, 3.63) is 0 Å². The van der Waals surface area contributed by atoms with Gasteiger partial charge in [0.15, 0.2) is 0 Å². The Morgan fingerprint density at radius 2 is 1.61 bits per heavy atom. The molecule has 3 N–H and O–H groups in total. The Morgan fingerprint density at radius 1 is 0.913 bits per heavy atom. The van der Waals surface area contributed by atoms with Crippen LogP contribution in [0.5, 0.6) is 0 Å². The second-order valence-electron chi connectivity index (χ2n) is 4.54. The maximum atomic E-state index is 13.3. The lowest BCUT2D eigenvalue weighted by Crippen LogP contribution is -2.33. The summed E-state index contributed by atoms with van der Waals surface area (Å²) in [6.45, 7) is -5.20. The van der Waals surface area contributed by atoms with Crippen molar-refractivity contribution in [3.63, 3.8) is 0 Å². The standard InChI is InChI=1S/C12H22F4O7/c13-11(14,7-21-6-10(19)5-18)1-3-23-12(15,16)8-22-9-20-4-2-17/h10,17-19H,1-9H2. The van der Waals surface area contributed by atoms with Gasteiger partial charge in [-0.2, -0.15) is 8.78 Å². The monoisotopic (exact) mass is 354 g/mol. The summed E-state index contributed by atoms with van der Waals surface area (Å²) < 4.78 is 70.3. The molecule has 0 saturated carbocycles. The van der Waals surface area contributed by atoms with E-state index in [1.54, 1.807) is 0 Å². The molecule has 0 aliphatic carbocycles. The van der Waals surface area contributed by atoms with Gasteiger partial charge in [0, 0.05) is 6.42 Å². The molecular formula is C12H22F4O7. The summed E-state index contributed by atoms with van der Waals surface area (Å²) in [5.74, 6) is -3.42. The van der Waals surface area contributed by atoms with Crippen LogP contribution in [0.4, 0.5) is 17.6 Å². The predicted molar refractivity (Wildman–Crippen MR) is 68.2 cm³/mol. The Bertz CT molecular complexity index is 295. The van der Waals surface area contributed by atoms with E-state index in [1.165, 1.54) is 0 Å². The molecule has 0 aromatic rings. The molecule has 0 radical (unpaired) electrons. The SMILES string of the molecule is OCCOCOCC(F)(F)OCCC(F)(F)COCC(O)CO. The first-order valence-corrected chi connectivity index (χ1v) is 6.75. The fourth-order valence-electron chi connectivity index (χ4n) is 1.20. The van der Waals surface area contributed by atoms with E-state index in [0.717, 1.165) is 0 Å². The number of ether oxygens (including phenoxy) is 4. The minimum absolute atomic E-state index is 0.0797. The van der Waals surface area contributed by atoms with E-state index in [2.05, 4.69) is 18.9 Å². The number of halogens is 4. The van der Waals surface area contributed by atoms with Crippen LogP contribution in [0, 0.1) is 0 Å². The number of rotatable bonds is 15. The van der Waals surface area contributed by atoms with Gasteiger partial charge in [-0.15, -0.1) is 0 Å². The fourth-order valence-corrected chi connectivity index (χ4v) is 1.20. The van der Waals surface area contributed by atoms with Crippen LogP contribution in [-0.2, 0) is 18.9 Å². The normalized spacial score (nSPS) is 14.2. The highest BCUT2D eigenvalue weighted by Gasteiger charge is 2.34. The Balaban J connectivity index is 3.82. The van der Waals surface area contributed by atoms with Crippen LogP contribution in [0.1, 0.15) is 6.42 Å². The molecule has 0 saturated heterocycles. The summed E-state index contributed by atoms with van der Waals surface area (Å²) in [6.07, 6.45) is -6.05. The van der Waals surface area contributed by atoms with Gasteiger partial charge in [-0.05, 0) is 0 Å². The second kappa shape index (κ2) is 11.9. The van der Waals surface area contributed by atoms with Crippen molar-refractivity contribution in [1.82, 2.24) is 0 Å². The molecule has 0 aromatic heterocycles. The van der Waals surface area contributed by atoms with Crippen molar-refractivity contribution < 1.29 is 51.8 Å². The third-order valence-corrected chi connectivity index (χ3v) is 2.29. The van der Waals surface area contributed by atoms with Crippen molar-refractivity contribution in [2.24, 2.45) is 0 Å². The zero-order valence-corrected chi connectivity index (χ0v) is 12.4. The van der Waals surface area contributed by atoms with Crippen LogP contribution in [0.15, 0.2) is 0 Å². The molecule has 0 heterocycles. The molecule has 140 valence electrons. The molecule has 0 fully saturated rings. The largest absolute Gasteiger partial charge is 0.394 e. The number of aliphatic hydroxyl groups excluding tert-OH is 3. The van der Waals surface area contributed by atoms with Gasteiger partial charge in [0.2, 0.25) is 0 Å². The van der Waals surface area contributed by atoms with E-state index in [4.69, 9.17) is 15.3 Å². The first kappa shape index (κ1) is 22.4. The predicted octanol–water partition coefficient (Wildman–Crippen LogP) is -0.0260. The average molecular weight is 354 g/mol. The molecule has 1 atom stereocenters. The molecular weight excluding hydrogens is 332 g/mol. The molecule has 23 heavy (non-hydrogen) atoms.